The average molecular weight is 314 g/mol. The highest BCUT2D eigenvalue weighted by molar-refractivity contribution is 5.97. The van der Waals surface area contributed by atoms with E-state index in [0.29, 0.717) is 28.9 Å². The summed E-state index contributed by atoms with van der Waals surface area (Å²) in [4.78, 5) is 23.8. The van der Waals surface area contributed by atoms with Crippen molar-refractivity contribution in [3.05, 3.63) is 35.4 Å². The summed E-state index contributed by atoms with van der Waals surface area (Å²) in [5.41, 5.74) is 5.60. The van der Waals surface area contributed by atoms with Gasteiger partial charge in [-0.15, -0.1) is 0 Å². The van der Waals surface area contributed by atoms with Gasteiger partial charge < -0.3 is 5.73 Å². The van der Waals surface area contributed by atoms with Gasteiger partial charge in [-0.05, 0) is 80.5 Å². The molecule has 4 aliphatic rings. The Morgan fingerprint density at radius 3 is 1.83 bits per heavy atom. The molecular weight excluding hydrogens is 292 g/mol. The molecule has 4 aliphatic carbocycles. The van der Waals surface area contributed by atoms with Crippen LogP contribution in [0.4, 0.5) is 0 Å². The van der Waals surface area contributed by atoms with Crippen LogP contribution in [-0.2, 0) is 0 Å². The molecule has 1 aromatic carbocycles. The Morgan fingerprint density at radius 2 is 1.39 bits per heavy atom. The number of carbonyl (C=O) groups excluding carboxylic acids is 2. The van der Waals surface area contributed by atoms with E-state index in [0.717, 1.165) is 24.3 Å². The predicted molar refractivity (Wildman–Crippen MR) is 83.8 cm³/mol. The van der Waals surface area contributed by atoms with Crippen molar-refractivity contribution in [1.82, 2.24) is 5.06 Å². The molecule has 4 bridgehead atoms. The molecule has 0 atom stereocenters. The van der Waals surface area contributed by atoms with Gasteiger partial charge in [-0.25, -0.2) is 5.06 Å². The molecule has 4 saturated carbocycles. The number of rotatable bonds is 3. The molecular formula is C18H22N2O3. The maximum Gasteiger partial charge on any atom is 0.277 e. The van der Waals surface area contributed by atoms with Gasteiger partial charge in [0, 0.05) is 11.1 Å². The van der Waals surface area contributed by atoms with Crippen LogP contribution in [0.2, 0.25) is 0 Å². The molecule has 0 aliphatic heterocycles. The second-order valence-corrected chi connectivity index (χ2v) is 7.70. The van der Waals surface area contributed by atoms with E-state index in [1.807, 2.05) is 0 Å². The monoisotopic (exact) mass is 314 g/mol. The van der Waals surface area contributed by atoms with Crippen molar-refractivity contribution in [2.24, 2.45) is 23.5 Å². The van der Waals surface area contributed by atoms with Gasteiger partial charge in [0.15, 0.2) is 0 Å². The van der Waals surface area contributed by atoms with Crippen molar-refractivity contribution in [3.63, 3.8) is 0 Å². The van der Waals surface area contributed by atoms with E-state index in [4.69, 9.17) is 5.73 Å². The summed E-state index contributed by atoms with van der Waals surface area (Å²) < 4.78 is 0. The van der Waals surface area contributed by atoms with E-state index in [1.165, 1.54) is 31.4 Å². The van der Waals surface area contributed by atoms with Crippen molar-refractivity contribution < 1.29 is 14.8 Å². The molecule has 0 unspecified atom stereocenters. The van der Waals surface area contributed by atoms with Crippen LogP contribution in [0.15, 0.2) is 24.3 Å². The lowest BCUT2D eigenvalue weighted by Gasteiger charge is -2.58. The molecule has 0 heterocycles. The lowest BCUT2D eigenvalue weighted by molar-refractivity contribution is -0.193. The van der Waals surface area contributed by atoms with Crippen LogP contribution >= 0.6 is 0 Å². The number of carbonyl (C=O) groups is 2. The van der Waals surface area contributed by atoms with E-state index in [1.54, 1.807) is 12.1 Å². The van der Waals surface area contributed by atoms with Crippen LogP contribution in [0.3, 0.4) is 0 Å². The van der Waals surface area contributed by atoms with Crippen LogP contribution in [0.5, 0.6) is 0 Å². The number of hydroxylamine groups is 2. The van der Waals surface area contributed by atoms with E-state index in [2.05, 4.69) is 0 Å². The first kappa shape index (κ1) is 14.7. The van der Waals surface area contributed by atoms with E-state index in [-0.39, 0.29) is 11.4 Å². The van der Waals surface area contributed by atoms with Gasteiger partial charge in [-0.2, -0.15) is 0 Å². The molecule has 0 saturated heterocycles. The average Bonchev–Trinajstić information content (AvgIpc) is 2.52. The summed E-state index contributed by atoms with van der Waals surface area (Å²) in [5.74, 6) is 1.07. The third-order valence-corrected chi connectivity index (χ3v) is 6.06. The molecule has 1 aromatic rings. The highest BCUT2D eigenvalue weighted by Crippen LogP contribution is 2.57. The van der Waals surface area contributed by atoms with E-state index < -0.39 is 5.91 Å². The van der Waals surface area contributed by atoms with Crippen molar-refractivity contribution in [1.29, 1.82) is 0 Å². The van der Waals surface area contributed by atoms with Crippen LogP contribution < -0.4 is 5.73 Å². The minimum absolute atomic E-state index is 0.362. The number of hydrogen-bond donors (Lipinski definition) is 2. The fraction of sp³-hybridized carbons (Fsp3) is 0.556. The highest BCUT2D eigenvalue weighted by atomic mass is 16.5. The maximum atomic E-state index is 12.7. The van der Waals surface area contributed by atoms with Crippen LogP contribution in [0, 0.1) is 17.8 Å². The first-order valence-electron chi connectivity index (χ1n) is 8.40. The van der Waals surface area contributed by atoms with Gasteiger partial charge in [0.05, 0.1) is 5.54 Å². The number of amides is 2. The summed E-state index contributed by atoms with van der Waals surface area (Å²) in [6, 6.07) is 6.19. The Hall–Kier alpha value is -1.88. The van der Waals surface area contributed by atoms with Crippen molar-refractivity contribution in [2.45, 2.75) is 44.1 Å². The molecule has 0 radical (unpaired) electrons. The van der Waals surface area contributed by atoms with Gasteiger partial charge in [0.2, 0.25) is 5.91 Å². The Kier molecular flexibility index (Phi) is 3.23. The molecule has 2 amide bonds. The Labute approximate surface area is 135 Å². The molecule has 23 heavy (non-hydrogen) atoms. The van der Waals surface area contributed by atoms with Gasteiger partial charge in [0.25, 0.3) is 5.91 Å². The van der Waals surface area contributed by atoms with Gasteiger partial charge in [-0.1, -0.05) is 0 Å². The third-order valence-electron chi connectivity index (χ3n) is 6.06. The van der Waals surface area contributed by atoms with Gasteiger partial charge in [-0.3, -0.25) is 14.8 Å². The minimum atomic E-state index is -0.522. The molecule has 5 nitrogen and oxygen atoms in total. The zero-order valence-corrected chi connectivity index (χ0v) is 13.1. The molecule has 0 aromatic heterocycles. The summed E-state index contributed by atoms with van der Waals surface area (Å²) in [6.45, 7) is 0. The van der Waals surface area contributed by atoms with Crippen LogP contribution in [0.25, 0.3) is 0 Å². The number of benzene rings is 1. The Balaban J connectivity index is 1.57. The number of hydrogen-bond acceptors (Lipinski definition) is 3. The SMILES string of the molecule is NC(=O)c1ccc(C(=O)N(O)C23CC4CC(CC(C4)C2)C3)cc1. The Morgan fingerprint density at radius 1 is 0.957 bits per heavy atom. The first-order chi connectivity index (χ1) is 11.0. The van der Waals surface area contributed by atoms with Crippen LogP contribution in [0.1, 0.15) is 59.2 Å². The number of nitrogens with two attached hydrogens (primary N) is 1. The molecule has 5 heteroatoms. The quantitative estimate of drug-likeness (QED) is 0.664. The standard InChI is InChI=1S/C18H22N2O3/c19-16(21)14-1-3-15(4-2-14)17(22)20(23)18-8-11-5-12(9-18)7-13(6-11)10-18/h1-4,11-13,23H,5-10H2,(H2,19,21). The zero-order valence-electron chi connectivity index (χ0n) is 13.1. The Bertz CT molecular complexity index is 617. The maximum absolute atomic E-state index is 12.7. The van der Waals surface area contributed by atoms with E-state index in [9.17, 15) is 14.8 Å². The van der Waals surface area contributed by atoms with Crippen molar-refractivity contribution in [3.8, 4) is 0 Å². The molecule has 5 rings (SSSR count). The van der Waals surface area contributed by atoms with E-state index >= 15 is 0 Å². The second kappa shape index (κ2) is 5.06. The summed E-state index contributed by atoms with van der Waals surface area (Å²) >= 11 is 0. The molecule has 0 spiro atoms. The summed E-state index contributed by atoms with van der Waals surface area (Å²) in [6.07, 6.45) is 6.53. The van der Waals surface area contributed by atoms with Gasteiger partial charge >= 0.3 is 0 Å². The van der Waals surface area contributed by atoms with Crippen molar-refractivity contribution >= 4 is 11.8 Å². The van der Waals surface area contributed by atoms with Crippen molar-refractivity contribution in [2.75, 3.05) is 0 Å². The zero-order chi connectivity index (χ0) is 16.2. The highest BCUT2D eigenvalue weighted by Gasteiger charge is 2.55. The van der Waals surface area contributed by atoms with Gasteiger partial charge in [0.1, 0.15) is 0 Å². The van der Waals surface area contributed by atoms with Crippen LogP contribution in [-0.4, -0.2) is 27.6 Å². The summed E-state index contributed by atoms with van der Waals surface area (Å²) in [5, 5.41) is 11.7. The number of primary amides is 1. The molecule has 122 valence electrons. The predicted octanol–water partition coefficient (Wildman–Crippen LogP) is 2.59. The first-order valence-corrected chi connectivity index (χ1v) is 8.40. The normalized spacial score (nSPS) is 34.4. The third kappa shape index (κ3) is 2.34. The lowest BCUT2D eigenvalue weighted by atomic mass is 9.53. The fourth-order valence-electron chi connectivity index (χ4n) is 5.44. The lowest BCUT2D eigenvalue weighted by Crippen LogP contribution is -2.60. The fourth-order valence-corrected chi connectivity index (χ4v) is 5.44. The topological polar surface area (TPSA) is 83.6 Å². The molecule has 3 N–H and O–H groups in total. The largest absolute Gasteiger partial charge is 0.366 e. The number of nitrogens with zero attached hydrogens (tertiary/aromatic N) is 1. The summed E-state index contributed by atoms with van der Waals surface area (Å²) in [7, 11) is 0. The second-order valence-electron chi connectivity index (χ2n) is 7.70. The molecule has 4 fully saturated rings. The smallest absolute Gasteiger partial charge is 0.277 e. The minimum Gasteiger partial charge on any atom is -0.366 e.